The first-order chi connectivity index (χ1) is 21.7. The minimum atomic E-state index is -1.40. The lowest BCUT2D eigenvalue weighted by Gasteiger charge is -2.42. The molecule has 0 aromatic heterocycles. The van der Waals surface area contributed by atoms with Crippen molar-refractivity contribution >= 4 is 41.2 Å². The molecule has 2 aliphatic rings. The number of esters is 1. The molecule has 3 aromatic rings. The summed E-state index contributed by atoms with van der Waals surface area (Å²) in [5.74, 6) is -2.40. The van der Waals surface area contributed by atoms with E-state index in [4.69, 9.17) is 21.1 Å². The van der Waals surface area contributed by atoms with E-state index in [1.807, 2.05) is 48.5 Å². The van der Waals surface area contributed by atoms with Gasteiger partial charge in [0.15, 0.2) is 0 Å². The number of hydrogen-bond donors (Lipinski definition) is 2. The number of amides is 3. The molecular weight excluding hydrogens is 616 g/mol. The van der Waals surface area contributed by atoms with Crippen molar-refractivity contribution in [3.63, 3.8) is 0 Å². The summed E-state index contributed by atoms with van der Waals surface area (Å²) in [6, 6.07) is 16.9. The zero-order valence-electron chi connectivity index (χ0n) is 25.6. The van der Waals surface area contributed by atoms with Crippen LogP contribution in [-0.2, 0) is 23.9 Å². The molecule has 240 valence electrons. The van der Waals surface area contributed by atoms with E-state index in [0.717, 1.165) is 33.2 Å². The first-order valence-corrected chi connectivity index (χ1v) is 15.0. The van der Waals surface area contributed by atoms with E-state index in [1.165, 1.54) is 19.1 Å². The van der Waals surface area contributed by atoms with E-state index in [9.17, 15) is 29.3 Å². The number of ether oxygens (including phenoxy) is 2. The van der Waals surface area contributed by atoms with Crippen molar-refractivity contribution in [1.82, 2.24) is 15.5 Å². The fourth-order valence-electron chi connectivity index (χ4n) is 5.77. The number of alkyl carbamates (subject to hydrolysis) is 1. The summed E-state index contributed by atoms with van der Waals surface area (Å²) in [5.41, 5.74) is 2.88. The van der Waals surface area contributed by atoms with Gasteiger partial charge < -0.3 is 25.0 Å². The third-order valence-electron chi connectivity index (χ3n) is 7.75. The summed E-state index contributed by atoms with van der Waals surface area (Å²) < 4.78 is 11.1. The van der Waals surface area contributed by atoms with Gasteiger partial charge in [0.05, 0.1) is 11.3 Å². The number of benzene rings is 3. The molecule has 1 heterocycles. The number of carbonyl (C=O) groups is 4. The van der Waals surface area contributed by atoms with E-state index in [1.54, 1.807) is 20.8 Å². The maximum absolute atomic E-state index is 14.0. The maximum Gasteiger partial charge on any atom is 0.407 e. The lowest BCUT2D eigenvalue weighted by molar-refractivity contribution is -0.384. The van der Waals surface area contributed by atoms with Crippen LogP contribution < -0.4 is 10.6 Å². The monoisotopic (exact) mass is 648 g/mol. The van der Waals surface area contributed by atoms with Crippen molar-refractivity contribution in [1.29, 1.82) is 0 Å². The second-order valence-electron chi connectivity index (χ2n) is 12.1. The van der Waals surface area contributed by atoms with Crippen molar-refractivity contribution in [3.05, 3.63) is 98.6 Å². The Balaban J connectivity index is 1.38. The summed E-state index contributed by atoms with van der Waals surface area (Å²) in [7, 11) is 0. The average Bonchev–Trinajstić information content (AvgIpc) is 3.32. The van der Waals surface area contributed by atoms with E-state index in [-0.39, 0.29) is 23.1 Å². The summed E-state index contributed by atoms with van der Waals surface area (Å²) in [6.45, 7) is 6.34. The Kier molecular flexibility index (Phi) is 9.02. The Morgan fingerprint density at radius 2 is 1.67 bits per heavy atom. The molecule has 0 bridgehead atoms. The number of nitro groups is 1. The first-order valence-electron chi connectivity index (χ1n) is 14.6. The topological polar surface area (TPSA) is 157 Å². The smallest absolute Gasteiger partial charge is 0.407 e. The van der Waals surface area contributed by atoms with E-state index < -0.39 is 64.8 Å². The van der Waals surface area contributed by atoms with Crippen LogP contribution in [0.2, 0.25) is 5.02 Å². The molecule has 1 aliphatic carbocycles. The van der Waals surface area contributed by atoms with Crippen LogP contribution in [0.1, 0.15) is 62.9 Å². The van der Waals surface area contributed by atoms with Crippen LogP contribution in [0, 0.1) is 10.1 Å². The quantitative estimate of drug-likeness (QED) is 0.200. The summed E-state index contributed by atoms with van der Waals surface area (Å²) >= 11 is 6.00. The molecule has 1 fully saturated rings. The van der Waals surface area contributed by atoms with Gasteiger partial charge in [0, 0.05) is 17.5 Å². The third-order valence-corrected chi connectivity index (χ3v) is 8.07. The van der Waals surface area contributed by atoms with Gasteiger partial charge >= 0.3 is 12.1 Å². The molecule has 0 radical (unpaired) electrons. The van der Waals surface area contributed by atoms with Crippen molar-refractivity contribution in [2.75, 3.05) is 6.61 Å². The second-order valence-corrected chi connectivity index (χ2v) is 12.5. The SMILES string of the molecule is C[C@H](NC(=O)OCC1c2ccccc2-c2ccccc21)C(=O)N1[C@@H](c2ccc(Cl)c([N+](=O)[O-])c2)NC(=O)C[C@H]1C(=O)OC(C)(C)C. The van der Waals surface area contributed by atoms with Crippen LogP contribution in [0.15, 0.2) is 66.7 Å². The molecule has 1 saturated heterocycles. The summed E-state index contributed by atoms with van der Waals surface area (Å²) in [5, 5.41) is 16.6. The lowest BCUT2D eigenvalue weighted by Crippen LogP contribution is -2.62. The van der Waals surface area contributed by atoms with Gasteiger partial charge in [-0.1, -0.05) is 66.2 Å². The largest absolute Gasteiger partial charge is 0.458 e. The number of nitrogens with zero attached hydrogens (tertiary/aromatic N) is 2. The summed E-state index contributed by atoms with van der Waals surface area (Å²) in [4.78, 5) is 65.2. The zero-order chi connectivity index (χ0) is 33.3. The Morgan fingerprint density at radius 3 is 2.26 bits per heavy atom. The van der Waals surface area contributed by atoms with Gasteiger partial charge in [-0.25, -0.2) is 9.59 Å². The minimum Gasteiger partial charge on any atom is -0.458 e. The number of hydrogen-bond acceptors (Lipinski definition) is 8. The molecule has 3 atom stereocenters. The molecule has 12 nitrogen and oxygen atoms in total. The molecule has 0 spiro atoms. The Hall–Kier alpha value is -4.97. The minimum absolute atomic E-state index is 0.0120. The molecule has 13 heteroatoms. The van der Waals surface area contributed by atoms with Crippen LogP contribution in [0.25, 0.3) is 11.1 Å². The van der Waals surface area contributed by atoms with Gasteiger partial charge in [-0.05, 0) is 56.0 Å². The Bertz CT molecular complexity index is 1680. The molecule has 46 heavy (non-hydrogen) atoms. The fourth-order valence-corrected chi connectivity index (χ4v) is 5.95. The molecule has 0 unspecified atom stereocenters. The predicted molar refractivity (Wildman–Crippen MR) is 168 cm³/mol. The number of halogens is 1. The Morgan fingerprint density at radius 1 is 1.07 bits per heavy atom. The van der Waals surface area contributed by atoms with E-state index in [2.05, 4.69) is 10.6 Å². The standard InChI is InChI=1S/C33H33ClN4O8/c1-18(35-32(42)45-17-24-22-11-7-5-9-20(22)21-10-6-8-12-23(21)24)30(40)37-27(31(41)46-33(2,3)4)16-28(39)36-29(37)19-13-14-25(34)26(15-19)38(43)44/h5-15,18,24,27,29H,16-17H2,1-4H3,(H,35,42)(H,36,39)/t18-,27-,29-/m0/s1. The van der Waals surface area contributed by atoms with Gasteiger partial charge in [-0.2, -0.15) is 0 Å². The molecule has 3 aromatic carbocycles. The van der Waals surface area contributed by atoms with Crippen LogP contribution in [0.5, 0.6) is 0 Å². The van der Waals surface area contributed by atoms with Gasteiger partial charge in [-0.15, -0.1) is 0 Å². The number of carbonyl (C=O) groups excluding carboxylic acids is 4. The van der Waals surface area contributed by atoms with Crippen LogP contribution in [0.4, 0.5) is 10.5 Å². The first kappa shape index (κ1) is 32.4. The molecule has 5 rings (SSSR count). The highest BCUT2D eigenvalue weighted by atomic mass is 35.5. The van der Waals surface area contributed by atoms with Crippen LogP contribution in [-0.4, -0.2) is 58.0 Å². The zero-order valence-corrected chi connectivity index (χ0v) is 26.4. The van der Waals surface area contributed by atoms with Gasteiger partial charge in [0.1, 0.15) is 35.5 Å². The number of nitro benzene ring substituents is 1. The molecular formula is C33H33ClN4O8. The Labute approximate surface area is 270 Å². The highest BCUT2D eigenvalue weighted by Gasteiger charge is 2.45. The van der Waals surface area contributed by atoms with Crippen LogP contribution >= 0.6 is 11.6 Å². The van der Waals surface area contributed by atoms with Crippen molar-refractivity contribution in [2.24, 2.45) is 0 Å². The molecule has 0 saturated carbocycles. The highest BCUT2D eigenvalue weighted by Crippen LogP contribution is 2.44. The third kappa shape index (κ3) is 6.66. The normalized spacial score (nSPS) is 18.1. The number of rotatable bonds is 7. The number of nitrogens with one attached hydrogen (secondary N) is 2. The van der Waals surface area contributed by atoms with Gasteiger partial charge in [-0.3, -0.25) is 19.7 Å². The van der Waals surface area contributed by atoms with Gasteiger partial charge in [0.2, 0.25) is 11.8 Å². The van der Waals surface area contributed by atoms with Crippen molar-refractivity contribution in [3.8, 4) is 11.1 Å². The van der Waals surface area contributed by atoms with Crippen molar-refractivity contribution < 1.29 is 33.6 Å². The van der Waals surface area contributed by atoms with Gasteiger partial charge in [0.25, 0.3) is 5.69 Å². The van der Waals surface area contributed by atoms with Crippen molar-refractivity contribution in [2.45, 2.75) is 63.9 Å². The molecule has 2 N–H and O–H groups in total. The second kappa shape index (κ2) is 12.8. The highest BCUT2D eigenvalue weighted by molar-refractivity contribution is 6.32. The average molecular weight is 649 g/mol. The number of fused-ring (bicyclic) bond motifs is 3. The van der Waals surface area contributed by atoms with E-state index in [0.29, 0.717) is 0 Å². The predicted octanol–water partition coefficient (Wildman–Crippen LogP) is 5.23. The van der Waals surface area contributed by atoms with Crippen LogP contribution in [0.3, 0.4) is 0 Å². The maximum atomic E-state index is 14.0. The molecule has 1 aliphatic heterocycles. The summed E-state index contributed by atoms with van der Waals surface area (Å²) in [6.07, 6.45) is -2.60. The van der Waals surface area contributed by atoms with E-state index >= 15 is 0 Å². The lowest BCUT2D eigenvalue weighted by atomic mass is 9.98. The molecule has 3 amide bonds. The fraction of sp³-hybridized carbons (Fsp3) is 0.333.